The van der Waals surface area contributed by atoms with Crippen LogP contribution in [0.25, 0.3) is 0 Å². The van der Waals surface area contributed by atoms with Crippen LogP contribution in [0.5, 0.6) is 0 Å². The molecule has 0 aliphatic heterocycles. The molecule has 1 heterocycles. The largest absolute Gasteiger partial charge is 0.362 e. The fourth-order valence-corrected chi connectivity index (χ4v) is 1.08. The van der Waals surface area contributed by atoms with Gasteiger partial charge in [-0.2, -0.15) is 0 Å². The minimum atomic E-state index is -0.158. The molecule has 0 saturated carbocycles. The van der Waals surface area contributed by atoms with Crippen molar-refractivity contribution in [3.8, 4) is 0 Å². The summed E-state index contributed by atoms with van der Waals surface area (Å²) in [5.74, 6) is 1.35. The van der Waals surface area contributed by atoms with Gasteiger partial charge in [0.25, 0.3) is 0 Å². The van der Waals surface area contributed by atoms with E-state index in [0.29, 0.717) is 5.88 Å². The van der Waals surface area contributed by atoms with Crippen molar-refractivity contribution >= 4 is 17.4 Å². The van der Waals surface area contributed by atoms with E-state index in [-0.39, 0.29) is 5.54 Å². The van der Waals surface area contributed by atoms with Gasteiger partial charge in [0.1, 0.15) is 5.82 Å². The lowest BCUT2D eigenvalue weighted by atomic mass is 10.1. The monoisotopic (exact) mass is 213 g/mol. The maximum Gasteiger partial charge on any atom is 0.148 e. The lowest BCUT2D eigenvalue weighted by Crippen LogP contribution is -2.33. The van der Waals surface area contributed by atoms with E-state index >= 15 is 0 Å². The number of aromatic nitrogens is 2. The predicted octanol–water partition coefficient (Wildman–Crippen LogP) is 2.52. The summed E-state index contributed by atoms with van der Waals surface area (Å²) in [5, 5.41) is 3.27. The van der Waals surface area contributed by atoms with Gasteiger partial charge in [0.05, 0.1) is 11.4 Å². The number of alkyl halides is 1. The average molecular weight is 214 g/mol. The predicted molar refractivity (Wildman–Crippen MR) is 59.9 cm³/mol. The average Bonchev–Trinajstić information content (AvgIpc) is 2.11. The molecular formula is C10H16ClN3. The van der Waals surface area contributed by atoms with Crippen LogP contribution in [0.1, 0.15) is 25.2 Å². The SMILES string of the molecule is Cc1cnc(C)c(NC(C)(C)CCl)n1. The van der Waals surface area contributed by atoms with Gasteiger partial charge in [-0.25, -0.2) is 4.98 Å². The molecule has 1 aromatic heterocycles. The van der Waals surface area contributed by atoms with Gasteiger partial charge in [-0.1, -0.05) is 0 Å². The molecule has 0 fully saturated rings. The third kappa shape index (κ3) is 2.84. The molecule has 0 bridgehead atoms. The van der Waals surface area contributed by atoms with Gasteiger partial charge in [-0.05, 0) is 27.7 Å². The van der Waals surface area contributed by atoms with Crippen LogP contribution in [-0.2, 0) is 0 Å². The molecule has 14 heavy (non-hydrogen) atoms. The number of nitrogens with one attached hydrogen (secondary N) is 1. The second-order valence-corrected chi connectivity index (χ2v) is 4.36. The standard InChI is InChI=1S/C10H16ClN3/c1-7-5-12-8(2)9(13-7)14-10(3,4)6-11/h5H,6H2,1-4H3,(H,13,14). The Balaban J connectivity index is 2.91. The molecule has 0 radical (unpaired) electrons. The van der Waals surface area contributed by atoms with E-state index in [2.05, 4.69) is 15.3 Å². The quantitative estimate of drug-likeness (QED) is 0.785. The Bertz CT molecular complexity index is 323. The molecule has 0 aliphatic rings. The van der Waals surface area contributed by atoms with Crippen molar-refractivity contribution in [2.75, 3.05) is 11.2 Å². The van der Waals surface area contributed by atoms with Crippen molar-refractivity contribution in [2.24, 2.45) is 0 Å². The van der Waals surface area contributed by atoms with Gasteiger partial charge in [-0.3, -0.25) is 4.98 Å². The summed E-state index contributed by atoms with van der Waals surface area (Å²) in [5.41, 5.74) is 1.65. The van der Waals surface area contributed by atoms with Crippen LogP contribution in [0, 0.1) is 13.8 Å². The molecule has 4 heteroatoms. The van der Waals surface area contributed by atoms with E-state index < -0.39 is 0 Å². The number of hydrogen-bond acceptors (Lipinski definition) is 3. The van der Waals surface area contributed by atoms with Crippen LogP contribution in [0.15, 0.2) is 6.20 Å². The molecular weight excluding hydrogens is 198 g/mol. The Morgan fingerprint density at radius 1 is 1.43 bits per heavy atom. The van der Waals surface area contributed by atoms with Gasteiger partial charge < -0.3 is 5.32 Å². The summed E-state index contributed by atoms with van der Waals surface area (Å²) >= 11 is 5.82. The molecule has 0 amide bonds. The minimum Gasteiger partial charge on any atom is -0.362 e. The Morgan fingerprint density at radius 3 is 2.64 bits per heavy atom. The van der Waals surface area contributed by atoms with Crippen LogP contribution in [0.3, 0.4) is 0 Å². The molecule has 0 unspecified atom stereocenters. The lowest BCUT2D eigenvalue weighted by Gasteiger charge is -2.24. The second kappa shape index (κ2) is 4.13. The fourth-order valence-electron chi connectivity index (χ4n) is 1.01. The Kier molecular flexibility index (Phi) is 3.32. The zero-order chi connectivity index (χ0) is 10.8. The summed E-state index contributed by atoms with van der Waals surface area (Å²) in [6.07, 6.45) is 1.76. The van der Waals surface area contributed by atoms with Gasteiger partial charge >= 0.3 is 0 Å². The molecule has 0 spiro atoms. The molecule has 0 aromatic carbocycles. The second-order valence-electron chi connectivity index (χ2n) is 4.09. The first-order valence-electron chi connectivity index (χ1n) is 4.59. The van der Waals surface area contributed by atoms with Crippen molar-refractivity contribution in [1.29, 1.82) is 0 Å². The summed E-state index contributed by atoms with van der Waals surface area (Å²) in [7, 11) is 0. The first kappa shape index (κ1) is 11.2. The molecule has 1 N–H and O–H groups in total. The van der Waals surface area contributed by atoms with Crippen LogP contribution >= 0.6 is 11.6 Å². The van der Waals surface area contributed by atoms with Crippen LogP contribution in [0.2, 0.25) is 0 Å². The van der Waals surface area contributed by atoms with Crippen molar-refractivity contribution in [3.63, 3.8) is 0 Å². The number of aryl methyl sites for hydroxylation is 2. The minimum absolute atomic E-state index is 0.158. The van der Waals surface area contributed by atoms with Gasteiger partial charge in [0.2, 0.25) is 0 Å². The highest BCUT2D eigenvalue weighted by Gasteiger charge is 2.17. The van der Waals surface area contributed by atoms with E-state index in [0.717, 1.165) is 17.2 Å². The van der Waals surface area contributed by atoms with Crippen molar-refractivity contribution in [3.05, 3.63) is 17.6 Å². The molecule has 0 saturated heterocycles. The fraction of sp³-hybridized carbons (Fsp3) is 0.600. The van der Waals surface area contributed by atoms with Crippen molar-refractivity contribution < 1.29 is 0 Å². The smallest absolute Gasteiger partial charge is 0.148 e. The van der Waals surface area contributed by atoms with E-state index in [4.69, 9.17) is 11.6 Å². The molecule has 0 aliphatic carbocycles. The highest BCUT2D eigenvalue weighted by Crippen LogP contribution is 2.16. The first-order chi connectivity index (χ1) is 6.44. The van der Waals surface area contributed by atoms with Crippen LogP contribution in [-0.4, -0.2) is 21.4 Å². The summed E-state index contributed by atoms with van der Waals surface area (Å²) in [4.78, 5) is 8.60. The zero-order valence-corrected chi connectivity index (χ0v) is 9.81. The molecule has 78 valence electrons. The molecule has 1 rings (SSSR count). The van der Waals surface area contributed by atoms with E-state index in [1.54, 1.807) is 6.20 Å². The van der Waals surface area contributed by atoms with Gasteiger partial charge in [0.15, 0.2) is 0 Å². The van der Waals surface area contributed by atoms with E-state index in [1.165, 1.54) is 0 Å². The molecule has 0 atom stereocenters. The zero-order valence-electron chi connectivity index (χ0n) is 9.06. The Hall–Kier alpha value is -0.830. The topological polar surface area (TPSA) is 37.8 Å². The number of rotatable bonds is 3. The summed E-state index contributed by atoms with van der Waals surface area (Å²) in [6.45, 7) is 7.91. The number of halogens is 1. The van der Waals surface area contributed by atoms with Gasteiger partial charge in [-0.15, -0.1) is 11.6 Å². The Labute approximate surface area is 89.9 Å². The van der Waals surface area contributed by atoms with Crippen LogP contribution in [0.4, 0.5) is 5.82 Å². The summed E-state index contributed by atoms with van der Waals surface area (Å²) in [6, 6.07) is 0. The molecule has 1 aromatic rings. The van der Waals surface area contributed by atoms with Crippen molar-refractivity contribution in [1.82, 2.24) is 9.97 Å². The highest BCUT2D eigenvalue weighted by molar-refractivity contribution is 6.18. The normalized spacial score (nSPS) is 11.5. The third-order valence-corrected chi connectivity index (χ3v) is 2.53. The van der Waals surface area contributed by atoms with Crippen LogP contribution < -0.4 is 5.32 Å². The first-order valence-corrected chi connectivity index (χ1v) is 5.12. The van der Waals surface area contributed by atoms with Gasteiger partial charge in [0, 0.05) is 17.6 Å². The van der Waals surface area contributed by atoms with E-state index in [1.807, 2.05) is 27.7 Å². The number of hydrogen-bond donors (Lipinski definition) is 1. The maximum absolute atomic E-state index is 5.82. The molecule has 3 nitrogen and oxygen atoms in total. The van der Waals surface area contributed by atoms with Crippen molar-refractivity contribution in [2.45, 2.75) is 33.2 Å². The number of anilines is 1. The Morgan fingerprint density at radius 2 is 2.07 bits per heavy atom. The number of nitrogens with zero attached hydrogens (tertiary/aromatic N) is 2. The maximum atomic E-state index is 5.82. The third-order valence-electron chi connectivity index (χ3n) is 1.87. The summed E-state index contributed by atoms with van der Waals surface area (Å²) < 4.78 is 0. The van der Waals surface area contributed by atoms with E-state index in [9.17, 15) is 0 Å². The highest BCUT2D eigenvalue weighted by atomic mass is 35.5. The lowest BCUT2D eigenvalue weighted by molar-refractivity contribution is 0.635.